The summed E-state index contributed by atoms with van der Waals surface area (Å²) >= 11 is 2.25. The number of nitrogens with one attached hydrogen (secondary N) is 1. The van der Waals surface area contributed by atoms with Crippen molar-refractivity contribution in [3.63, 3.8) is 0 Å². The Bertz CT molecular complexity index is 446. The van der Waals surface area contributed by atoms with E-state index >= 15 is 0 Å². The Morgan fingerprint density at radius 2 is 2.17 bits per heavy atom. The number of fused-ring (bicyclic) bond motifs is 1. The summed E-state index contributed by atoms with van der Waals surface area (Å²) in [6.45, 7) is 0. The maximum atomic E-state index is 12.1. The molecule has 3 rings (SSSR count). The summed E-state index contributed by atoms with van der Waals surface area (Å²) in [5.74, 6) is 0.919. The molecule has 1 N–H and O–H groups in total. The van der Waals surface area contributed by atoms with Gasteiger partial charge in [-0.15, -0.1) is 0 Å². The van der Waals surface area contributed by atoms with Crippen LogP contribution in [0.25, 0.3) is 0 Å². The lowest BCUT2D eigenvalue weighted by molar-refractivity contribution is -0.123. The third-order valence-electron chi connectivity index (χ3n) is 4.22. The quantitative estimate of drug-likeness (QED) is 0.828. The Kier molecular flexibility index (Phi) is 3.54. The van der Waals surface area contributed by atoms with Gasteiger partial charge in [0.05, 0.1) is 0 Å². The first-order valence-electron chi connectivity index (χ1n) is 6.65. The lowest BCUT2D eigenvalue weighted by atomic mass is 9.78. The first-order chi connectivity index (χ1) is 8.74. The largest absolute Gasteiger partial charge is 0.353 e. The van der Waals surface area contributed by atoms with E-state index in [2.05, 4.69) is 39.0 Å². The highest BCUT2D eigenvalue weighted by Gasteiger charge is 2.42. The molecule has 18 heavy (non-hydrogen) atoms. The van der Waals surface area contributed by atoms with E-state index in [1.54, 1.807) is 0 Å². The molecule has 3 atom stereocenters. The van der Waals surface area contributed by atoms with Crippen LogP contribution < -0.4 is 5.32 Å². The summed E-state index contributed by atoms with van der Waals surface area (Å²) < 4.78 is 1.14. The predicted molar refractivity (Wildman–Crippen MR) is 78.0 cm³/mol. The molecule has 1 aromatic heterocycles. The molecule has 2 fully saturated rings. The number of carbonyl (C=O) groups excluding carboxylic acids is 1. The van der Waals surface area contributed by atoms with E-state index in [1.165, 1.54) is 19.3 Å². The summed E-state index contributed by atoms with van der Waals surface area (Å²) in [5.41, 5.74) is 1.04. The van der Waals surface area contributed by atoms with Crippen LogP contribution in [0, 0.1) is 15.4 Å². The smallest absolute Gasteiger partial charge is 0.224 e. The Morgan fingerprint density at radius 1 is 1.33 bits per heavy atom. The zero-order chi connectivity index (χ0) is 12.5. The molecule has 0 aromatic carbocycles. The Labute approximate surface area is 121 Å². The normalized spacial score (nSPS) is 30.9. The van der Waals surface area contributed by atoms with Crippen LogP contribution in [0.1, 0.15) is 31.4 Å². The molecule has 4 heteroatoms. The average Bonchev–Trinajstić information content (AvgIpc) is 2.69. The van der Waals surface area contributed by atoms with Gasteiger partial charge in [-0.1, -0.05) is 12.8 Å². The van der Waals surface area contributed by atoms with Crippen molar-refractivity contribution in [1.29, 1.82) is 0 Å². The summed E-state index contributed by atoms with van der Waals surface area (Å²) in [4.78, 5) is 16.5. The maximum Gasteiger partial charge on any atom is 0.224 e. The average molecular weight is 356 g/mol. The van der Waals surface area contributed by atoms with Crippen molar-refractivity contribution in [3.8, 4) is 0 Å². The van der Waals surface area contributed by atoms with Crippen LogP contribution in [0.4, 0.5) is 0 Å². The van der Waals surface area contributed by atoms with Crippen molar-refractivity contribution in [2.45, 2.75) is 38.1 Å². The molecule has 0 bridgehead atoms. The molecular weight excluding hydrogens is 339 g/mol. The van der Waals surface area contributed by atoms with Crippen LogP contribution >= 0.6 is 22.6 Å². The van der Waals surface area contributed by atoms with Gasteiger partial charge in [-0.2, -0.15) is 0 Å². The van der Waals surface area contributed by atoms with E-state index in [0.29, 0.717) is 12.0 Å². The van der Waals surface area contributed by atoms with Crippen molar-refractivity contribution < 1.29 is 4.79 Å². The van der Waals surface area contributed by atoms with Gasteiger partial charge >= 0.3 is 0 Å². The van der Waals surface area contributed by atoms with Crippen LogP contribution in [0.5, 0.6) is 0 Å². The van der Waals surface area contributed by atoms with Crippen molar-refractivity contribution >= 4 is 28.5 Å². The lowest BCUT2D eigenvalue weighted by Gasteiger charge is -2.26. The van der Waals surface area contributed by atoms with Gasteiger partial charge in [-0.3, -0.25) is 9.78 Å². The second kappa shape index (κ2) is 5.15. The molecule has 0 radical (unpaired) electrons. The fraction of sp³-hybridized carbons (Fsp3) is 0.571. The Morgan fingerprint density at radius 3 is 2.94 bits per heavy atom. The minimum absolute atomic E-state index is 0.142. The zero-order valence-electron chi connectivity index (χ0n) is 10.2. The number of pyridine rings is 1. The number of aromatic nitrogens is 1. The standard InChI is InChI=1S/C14H17IN2O/c15-9-5-6-10(16-8-9)7-12-11-3-1-2-4-13(11)17-14(12)18/h5-6,8,11-13H,1-4,7H2,(H,17,18)/t11?,12-,13?/m0/s1. The summed E-state index contributed by atoms with van der Waals surface area (Å²) in [7, 11) is 0. The van der Waals surface area contributed by atoms with Crippen molar-refractivity contribution in [1.82, 2.24) is 10.3 Å². The number of amides is 1. The number of hydrogen-bond acceptors (Lipinski definition) is 2. The molecule has 1 amide bonds. The number of halogens is 1. The predicted octanol–water partition coefficient (Wildman–Crippen LogP) is 2.53. The summed E-state index contributed by atoms with van der Waals surface area (Å²) in [6.07, 6.45) is 7.55. The third-order valence-corrected chi connectivity index (χ3v) is 4.86. The fourth-order valence-electron chi connectivity index (χ4n) is 3.30. The monoisotopic (exact) mass is 356 g/mol. The highest BCUT2D eigenvalue weighted by molar-refractivity contribution is 14.1. The van der Waals surface area contributed by atoms with E-state index in [9.17, 15) is 4.79 Å². The minimum atomic E-state index is 0.142. The van der Waals surface area contributed by atoms with Crippen LogP contribution in [0.2, 0.25) is 0 Å². The highest BCUT2D eigenvalue weighted by Crippen LogP contribution is 2.36. The number of hydrogen-bond donors (Lipinski definition) is 1. The third kappa shape index (κ3) is 2.39. The number of nitrogens with zero attached hydrogens (tertiary/aromatic N) is 1. The zero-order valence-corrected chi connectivity index (χ0v) is 12.4. The van der Waals surface area contributed by atoms with Gasteiger partial charge < -0.3 is 5.32 Å². The Balaban J connectivity index is 1.75. The van der Waals surface area contributed by atoms with E-state index in [-0.39, 0.29) is 11.8 Å². The van der Waals surface area contributed by atoms with Gasteiger partial charge in [-0.25, -0.2) is 0 Å². The molecule has 2 aliphatic rings. The first kappa shape index (κ1) is 12.4. The first-order valence-corrected chi connectivity index (χ1v) is 7.73. The van der Waals surface area contributed by atoms with Gasteiger partial charge in [0.15, 0.2) is 0 Å². The van der Waals surface area contributed by atoms with Gasteiger partial charge in [0.1, 0.15) is 0 Å². The van der Waals surface area contributed by atoms with E-state index in [4.69, 9.17) is 0 Å². The Hall–Kier alpha value is -0.650. The maximum absolute atomic E-state index is 12.1. The van der Waals surface area contributed by atoms with Crippen molar-refractivity contribution in [3.05, 3.63) is 27.6 Å². The van der Waals surface area contributed by atoms with E-state index in [0.717, 1.165) is 22.1 Å². The molecule has 1 aliphatic carbocycles. The molecule has 96 valence electrons. The van der Waals surface area contributed by atoms with Crippen molar-refractivity contribution in [2.75, 3.05) is 0 Å². The SMILES string of the molecule is O=C1NC2CCCCC2[C@@H]1Cc1ccc(I)cn1. The van der Waals surface area contributed by atoms with Gasteiger partial charge in [0, 0.05) is 33.8 Å². The molecule has 1 saturated carbocycles. The van der Waals surface area contributed by atoms with Crippen molar-refractivity contribution in [2.24, 2.45) is 11.8 Å². The van der Waals surface area contributed by atoms with E-state index < -0.39 is 0 Å². The second-order valence-corrected chi connectivity index (χ2v) is 6.59. The van der Waals surface area contributed by atoms with Crippen LogP contribution in [0.3, 0.4) is 0 Å². The van der Waals surface area contributed by atoms with Crippen LogP contribution in [-0.2, 0) is 11.2 Å². The van der Waals surface area contributed by atoms with Gasteiger partial charge in [0.2, 0.25) is 5.91 Å². The van der Waals surface area contributed by atoms with E-state index in [1.807, 2.05) is 12.3 Å². The molecule has 0 spiro atoms. The molecule has 2 unspecified atom stereocenters. The molecule has 3 nitrogen and oxygen atoms in total. The molecule has 2 heterocycles. The number of rotatable bonds is 2. The second-order valence-electron chi connectivity index (χ2n) is 5.34. The topological polar surface area (TPSA) is 42.0 Å². The molecular formula is C14H17IN2O. The highest BCUT2D eigenvalue weighted by atomic mass is 127. The minimum Gasteiger partial charge on any atom is -0.353 e. The fourth-order valence-corrected chi connectivity index (χ4v) is 3.62. The molecule has 1 saturated heterocycles. The molecule has 1 aromatic rings. The summed E-state index contributed by atoms with van der Waals surface area (Å²) in [6, 6.07) is 4.54. The molecule has 1 aliphatic heterocycles. The van der Waals surface area contributed by atoms with Gasteiger partial charge in [0.25, 0.3) is 0 Å². The number of carbonyl (C=O) groups is 1. The lowest BCUT2D eigenvalue weighted by Crippen LogP contribution is -2.31. The van der Waals surface area contributed by atoms with Crippen LogP contribution in [0.15, 0.2) is 18.3 Å². The summed E-state index contributed by atoms with van der Waals surface area (Å²) in [5, 5.41) is 3.17. The van der Waals surface area contributed by atoms with Gasteiger partial charge in [-0.05, 0) is 53.5 Å². The van der Waals surface area contributed by atoms with Crippen LogP contribution in [-0.4, -0.2) is 16.9 Å².